The number of carbonyl (C=O) groups is 1. The van der Waals surface area contributed by atoms with Gasteiger partial charge in [-0.25, -0.2) is 0 Å². The molecule has 1 fully saturated rings. The van der Waals surface area contributed by atoms with Gasteiger partial charge in [-0.3, -0.25) is 4.79 Å². The highest BCUT2D eigenvalue weighted by atomic mass is 16.5. The predicted molar refractivity (Wildman–Crippen MR) is 109 cm³/mol. The van der Waals surface area contributed by atoms with Crippen molar-refractivity contribution in [3.05, 3.63) is 42.0 Å². The molecular formula is C23H35NO2. The van der Waals surface area contributed by atoms with Gasteiger partial charge in [0.25, 0.3) is 0 Å². The van der Waals surface area contributed by atoms with Crippen LogP contribution in [-0.4, -0.2) is 19.6 Å². The monoisotopic (exact) mass is 357 g/mol. The summed E-state index contributed by atoms with van der Waals surface area (Å²) >= 11 is 0. The first-order valence-corrected chi connectivity index (χ1v) is 10.3. The smallest absolute Gasteiger partial charge is 0.305 e. The van der Waals surface area contributed by atoms with Gasteiger partial charge in [-0.1, -0.05) is 56.9 Å². The zero-order valence-electron chi connectivity index (χ0n) is 16.5. The summed E-state index contributed by atoms with van der Waals surface area (Å²) in [5.41, 5.74) is 2.34. The second kappa shape index (κ2) is 11.8. The summed E-state index contributed by atoms with van der Waals surface area (Å²) in [6, 6.07) is 8.46. The number of hydrogen-bond acceptors (Lipinski definition) is 3. The Kier molecular flexibility index (Phi) is 9.30. The number of unbranched alkanes of at least 4 members (excludes halogenated alkanes) is 1. The summed E-state index contributed by atoms with van der Waals surface area (Å²) < 4.78 is 4.70. The van der Waals surface area contributed by atoms with Crippen LogP contribution in [0, 0.1) is 11.8 Å². The Bertz CT molecular complexity index is 544. The van der Waals surface area contributed by atoms with E-state index in [1.807, 2.05) is 0 Å². The second-order valence-corrected chi connectivity index (χ2v) is 7.43. The Morgan fingerprint density at radius 1 is 1.23 bits per heavy atom. The fourth-order valence-corrected chi connectivity index (χ4v) is 3.77. The molecule has 0 heterocycles. The molecule has 0 amide bonds. The standard InChI is InChI=1S/C23H35NO2/c1-3-4-6-11-21(20-9-7-5-8-10-20)18-24-22-15-12-19(13-16-22)14-17-23(25)26-2/h6,11-13,15-16,20-21,24H,3-5,7-10,14,17-18H2,1-2H3. The number of ether oxygens (including phenoxy) is 1. The van der Waals surface area contributed by atoms with Crippen LogP contribution >= 0.6 is 0 Å². The van der Waals surface area contributed by atoms with E-state index >= 15 is 0 Å². The van der Waals surface area contributed by atoms with Crippen molar-refractivity contribution in [1.29, 1.82) is 0 Å². The second-order valence-electron chi connectivity index (χ2n) is 7.43. The molecule has 1 aliphatic carbocycles. The van der Waals surface area contributed by atoms with Crippen molar-refractivity contribution in [3.63, 3.8) is 0 Å². The summed E-state index contributed by atoms with van der Waals surface area (Å²) in [5.74, 6) is 1.30. The lowest BCUT2D eigenvalue weighted by Gasteiger charge is -2.29. The Morgan fingerprint density at radius 2 is 1.96 bits per heavy atom. The third-order valence-electron chi connectivity index (χ3n) is 5.44. The molecule has 3 nitrogen and oxygen atoms in total. The SMILES string of the molecule is CCCC=CC(CNc1ccc(CCC(=O)OC)cc1)C1CCCCC1. The van der Waals surface area contributed by atoms with Crippen molar-refractivity contribution in [1.82, 2.24) is 0 Å². The molecule has 1 aliphatic rings. The van der Waals surface area contributed by atoms with Gasteiger partial charge in [0.2, 0.25) is 0 Å². The van der Waals surface area contributed by atoms with Gasteiger partial charge in [0.15, 0.2) is 0 Å². The van der Waals surface area contributed by atoms with Crippen molar-refractivity contribution in [2.75, 3.05) is 19.0 Å². The molecule has 26 heavy (non-hydrogen) atoms. The Hall–Kier alpha value is -1.77. The summed E-state index contributed by atoms with van der Waals surface area (Å²) in [4.78, 5) is 11.2. The van der Waals surface area contributed by atoms with E-state index in [0.29, 0.717) is 12.3 Å². The number of aryl methyl sites for hydroxylation is 1. The van der Waals surface area contributed by atoms with Crippen molar-refractivity contribution in [3.8, 4) is 0 Å². The van der Waals surface area contributed by atoms with Gasteiger partial charge in [-0.15, -0.1) is 0 Å². The van der Waals surface area contributed by atoms with E-state index in [4.69, 9.17) is 4.74 Å². The maximum atomic E-state index is 11.2. The Balaban J connectivity index is 1.87. The summed E-state index contributed by atoms with van der Waals surface area (Å²) in [6.45, 7) is 3.24. The number of anilines is 1. The lowest BCUT2D eigenvalue weighted by Crippen LogP contribution is -2.23. The Labute approximate surface area is 159 Å². The van der Waals surface area contributed by atoms with Gasteiger partial charge < -0.3 is 10.1 Å². The fourth-order valence-electron chi connectivity index (χ4n) is 3.77. The van der Waals surface area contributed by atoms with E-state index < -0.39 is 0 Å². The van der Waals surface area contributed by atoms with Crippen LogP contribution in [0.2, 0.25) is 0 Å². The highest BCUT2D eigenvalue weighted by Crippen LogP contribution is 2.31. The highest BCUT2D eigenvalue weighted by molar-refractivity contribution is 5.69. The molecule has 0 aromatic heterocycles. The number of hydrogen-bond donors (Lipinski definition) is 1. The Morgan fingerprint density at radius 3 is 2.62 bits per heavy atom. The van der Waals surface area contributed by atoms with Crippen molar-refractivity contribution < 1.29 is 9.53 Å². The van der Waals surface area contributed by atoms with Crippen molar-refractivity contribution >= 4 is 11.7 Å². The quantitative estimate of drug-likeness (QED) is 0.427. The van der Waals surface area contributed by atoms with Gasteiger partial charge in [-0.2, -0.15) is 0 Å². The minimum Gasteiger partial charge on any atom is -0.469 e. The molecule has 1 saturated carbocycles. The van der Waals surface area contributed by atoms with Gasteiger partial charge >= 0.3 is 5.97 Å². The third kappa shape index (κ3) is 7.23. The molecule has 0 radical (unpaired) electrons. The summed E-state index contributed by atoms with van der Waals surface area (Å²) in [5, 5.41) is 3.63. The molecule has 2 rings (SSSR count). The van der Waals surface area contributed by atoms with Gasteiger partial charge in [0.1, 0.15) is 0 Å². The molecule has 0 aliphatic heterocycles. The number of esters is 1. The fraction of sp³-hybridized carbons (Fsp3) is 0.609. The lowest BCUT2D eigenvalue weighted by molar-refractivity contribution is -0.140. The van der Waals surface area contributed by atoms with Crippen LogP contribution < -0.4 is 5.32 Å². The van der Waals surface area contributed by atoms with E-state index in [1.54, 1.807) is 0 Å². The molecule has 1 atom stereocenters. The van der Waals surface area contributed by atoms with E-state index in [2.05, 4.69) is 48.7 Å². The number of allylic oxidation sites excluding steroid dienone is 1. The van der Waals surface area contributed by atoms with Crippen LogP contribution in [0.5, 0.6) is 0 Å². The normalized spacial score (nSPS) is 16.5. The minimum absolute atomic E-state index is 0.151. The van der Waals surface area contributed by atoms with Crippen LogP contribution in [0.15, 0.2) is 36.4 Å². The number of carbonyl (C=O) groups excluding carboxylic acids is 1. The average molecular weight is 358 g/mol. The van der Waals surface area contributed by atoms with Gasteiger partial charge in [0.05, 0.1) is 7.11 Å². The first-order valence-electron chi connectivity index (χ1n) is 10.3. The van der Waals surface area contributed by atoms with Gasteiger partial charge in [0, 0.05) is 18.7 Å². The topological polar surface area (TPSA) is 38.3 Å². The first-order chi connectivity index (χ1) is 12.7. The largest absolute Gasteiger partial charge is 0.469 e. The maximum absolute atomic E-state index is 11.2. The minimum atomic E-state index is -0.151. The number of rotatable bonds is 10. The van der Waals surface area contributed by atoms with Crippen LogP contribution in [0.4, 0.5) is 5.69 Å². The molecular weight excluding hydrogens is 322 g/mol. The van der Waals surface area contributed by atoms with Crippen LogP contribution in [0.1, 0.15) is 63.9 Å². The van der Waals surface area contributed by atoms with Crippen LogP contribution in [0.25, 0.3) is 0 Å². The van der Waals surface area contributed by atoms with Gasteiger partial charge in [-0.05, 0) is 55.2 Å². The third-order valence-corrected chi connectivity index (χ3v) is 5.44. The number of nitrogens with one attached hydrogen (secondary N) is 1. The summed E-state index contributed by atoms with van der Waals surface area (Å²) in [7, 11) is 1.44. The molecule has 1 unspecified atom stereocenters. The summed E-state index contributed by atoms with van der Waals surface area (Å²) in [6.07, 6.45) is 15.3. The highest BCUT2D eigenvalue weighted by Gasteiger charge is 2.21. The van der Waals surface area contributed by atoms with Crippen molar-refractivity contribution in [2.24, 2.45) is 11.8 Å². The first kappa shape index (κ1) is 20.5. The predicted octanol–water partition coefficient (Wildman–Crippen LogP) is 5.76. The zero-order chi connectivity index (χ0) is 18.6. The molecule has 3 heteroatoms. The van der Waals surface area contributed by atoms with E-state index in [1.165, 1.54) is 57.6 Å². The molecule has 1 aromatic rings. The average Bonchev–Trinajstić information content (AvgIpc) is 2.70. The molecule has 144 valence electrons. The number of benzene rings is 1. The molecule has 1 aromatic carbocycles. The lowest BCUT2D eigenvalue weighted by atomic mass is 9.79. The van der Waals surface area contributed by atoms with Crippen molar-refractivity contribution in [2.45, 2.75) is 64.7 Å². The molecule has 0 spiro atoms. The van der Waals surface area contributed by atoms with E-state index in [-0.39, 0.29) is 5.97 Å². The molecule has 0 saturated heterocycles. The maximum Gasteiger partial charge on any atom is 0.305 e. The zero-order valence-corrected chi connectivity index (χ0v) is 16.5. The van der Waals surface area contributed by atoms with Crippen LogP contribution in [-0.2, 0) is 16.0 Å². The van der Waals surface area contributed by atoms with E-state index in [0.717, 1.165) is 24.6 Å². The van der Waals surface area contributed by atoms with Crippen LogP contribution in [0.3, 0.4) is 0 Å². The number of methoxy groups -OCH3 is 1. The molecule has 1 N–H and O–H groups in total. The molecule has 0 bridgehead atoms. The van der Waals surface area contributed by atoms with E-state index in [9.17, 15) is 4.79 Å².